The van der Waals surface area contributed by atoms with Crippen LogP contribution in [0.5, 0.6) is 0 Å². The highest BCUT2D eigenvalue weighted by molar-refractivity contribution is 6.30. The van der Waals surface area contributed by atoms with Crippen LogP contribution in [0, 0.1) is 5.92 Å². The predicted octanol–water partition coefficient (Wildman–Crippen LogP) is 5.16. The molecule has 0 radical (unpaired) electrons. The second-order valence-corrected chi connectivity index (χ2v) is 13.8. The minimum Gasteiger partial charge on any atom is -0.448 e. The number of piperidine rings is 1. The molecule has 0 bridgehead atoms. The summed E-state index contributed by atoms with van der Waals surface area (Å²) >= 11 is 6.16. The summed E-state index contributed by atoms with van der Waals surface area (Å²) in [6.45, 7) is 4.66. The number of likely N-dealkylation sites (tertiary alicyclic amines) is 1. The fourth-order valence-electron chi connectivity index (χ4n) is 7.78. The molecule has 4 fully saturated rings. The lowest BCUT2D eigenvalue weighted by molar-refractivity contribution is -0.136. The van der Waals surface area contributed by atoms with Gasteiger partial charge in [0.15, 0.2) is 0 Å². The highest BCUT2D eigenvalue weighted by atomic mass is 35.5. The lowest BCUT2D eigenvalue weighted by Gasteiger charge is -2.48. The van der Waals surface area contributed by atoms with E-state index in [4.69, 9.17) is 16.3 Å². The molecular weight excluding hydrogens is 566 g/mol. The number of nitrogens with one attached hydrogen (secondary N) is 1. The maximum Gasteiger partial charge on any atom is 0.410 e. The third kappa shape index (κ3) is 7.77. The monoisotopic (exact) mass is 615 g/mol. The van der Waals surface area contributed by atoms with Gasteiger partial charge in [-0.25, -0.2) is 9.59 Å². The van der Waals surface area contributed by atoms with E-state index < -0.39 is 0 Å². The molecule has 1 aromatic carbocycles. The van der Waals surface area contributed by atoms with E-state index in [1.807, 2.05) is 48.2 Å². The van der Waals surface area contributed by atoms with E-state index in [9.17, 15) is 14.4 Å². The maximum absolute atomic E-state index is 14.2. The van der Waals surface area contributed by atoms with Crippen molar-refractivity contribution in [3.8, 4) is 0 Å². The van der Waals surface area contributed by atoms with Gasteiger partial charge in [-0.1, -0.05) is 49.9 Å². The van der Waals surface area contributed by atoms with Gasteiger partial charge in [0, 0.05) is 56.4 Å². The molecule has 0 aromatic heterocycles. The zero-order valence-corrected chi connectivity index (χ0v) is 26.9. The second kappa shape index (κ2) is 14.5. The van der Waals surface area contributed by atoms with Crippen molar-refractivity contribution in [3.63, 3.8) is 0 Å². The molecule has 2 heterocycles. The van der Waals surface area contributed by atoms with Crippen LogP contribution in [0.25, 0.3) is 0 Å². The molecule has 238 valence electrons. The number of hydrogen-bond acceptors (Lipinski definition) is 5. The molecule has 1 aromatic rings. The number of carbonyl (C=O) groups is 3. The van der Waals surface area contributed by atoms with Gasteiger partial charge in [0.25, 0.3) is 0 Å². The van der Waals surface area contributed by atoms with Gasteiger partial charge in [-0.05, 0) is 75.0 Å². The zero-order valence-electron chi connectivity index (χ0n) is 26.2. The fraction of sp³-hybridized carbons (Fsp3) is 0.727. The highest BCUT2D eigenvalue weighted by Crippen LogP contribution is 2.32. The molecule has 4 aliphatic rings. The molecule has 1 N–H and O–H groups in total. The summed E-state index contributed by atoms with van der Waals surface area (Å²) < 4.78 is 5.16. The number of hydrogen-bond donors (Lipinski definition) is 1. The summed E-state index contributed by atoms with van der Waals surface area (Å²) in [5, 5.41) is 4.43. The van der Waals surface area contributed by atoms with Crippen LogP contribution >= 0.6 is 11.6 Å². The maximum atomic E-state index is 14.2. The van der Waals surface area contributed by atoms with Crippen molar-refractivity contribution >= 4 is 29.6 Å². The lowest BCUT2D eigenvalue weighted by Crippen LogP contribution is -2.60. The van der Waals surface area contributed by atoms with Crippen molar-refractivity contribution in [1.29, 1.82) is 0 Å². The Morgan fingerprint density at radius 2 is 1.70 bits per heavy atom. The summed E-state index contributed by atoms with van der Waals surface area (Å²) in [4.78, 5) is 47.5. The smallest absolute Gasteiger partial charge is 0.410 e. The molecule has 0 spiro atoms. The number of nitrogens with zero attached hydrogens (tertiary/aromatic N) is 4. The average Bonchev–Trinajstić information content (AvgIpc) is 3.45. The quantitative estimate of drug-likeness (QED) is 0.437. The average molecular weight is 616 g/mol. The minimum absolute atomic E-state index is 0.101. The Labute approximate surface area is 262 Å². The topological polar surface area (TPSA) is 85.4 Å². The molecule has 2 unspecified atom stereocenters. The van der Waals surface area contributed by atoms with E-state index >= 15 is 0 Å². The predicted molar refractivity (Wildman–Crippen MR) is 168 cm³/mol. The Hall–Kier alpha value is -2.52. The molecule has 2 aliphatic heterocycles. The summed E-state index contributed by atoms with van der Waals surface area (Å²) in [5.74, 6) is 0.323. The first-order chi connectivity index (χ1) is 20.7. The first-order valence-corrected chi connectivity index (χ1v) is 16.8. The number of cyclic esters (lactones) is 1. The fourth-order valence-corrected chi connectivity index (χ4v) is 7.90. The van der Waals surface area contributed by atoms with Crippen molar-refractivity contribution in [2.24, 2.45) is 5.92 Å². The van der Waals surface area contributed by atoms with E-state index in [1.165, 1.54) is 19.3 Å². The molecule has 4 amide bonds. The number of ether oxygens (including phenoxy) is 1. The van der Waals surface area contributed by atoms with Gasteiger partial charge >= 0.3 is 12.1 Å². The third-order valence-electron chi connectivity index (χ3n) is 10.1. The van der Waals surface area contributed by atoms with E-state index in [0.717, 1.165) is 50.5 Å². The molecule has 10 heteroatoms. The molecule has 43 heavy (non-hydrogen) atoms. The Morgan fingerprint density at radius 3 is 2.30 bits per heavy atom. The molecule has 5 rings (SSSR count). The number of rotatable bonds is 8. The van der Waals surface area contributed by atoms with Crippen molar-refractivity contribution in [1.82, 2.24) is 24.9 Å². The Kier molecular flexibility index (Phi) is 10.8. The normalized spacial score (nSPS) is 27.5. The largest absolute Gasteiger partial charge is 0.448 e. The van der Waals surface area contributed by atoms with Crippen LogP contribution in [0.1, 0.15) is 76.7 Å². The second-order valence-electron chi connectivity index (χ2n) is 13.4. The van der Waals surface area contributed by atoms with E-state index in [2.05, 4.69) is 17.1 Å². The number of urea groups is 1. The van der Waals surface area contributed by atoms with Crippen LogP contribution in [0.2, 0.25) is 5.02 Å². The van der Waals surface area contributed by atoms with E-state index in [-0.39, 0.29) is 54.2 Å². The van der Waals surface area contributed by atoms with Crippen LogP contribution in [-0.2, 0) is 16.0 Å². The van der Waals surface area contributed by atoms with Crippen molar-refractivity contribution in [3.05, 3.63) is 34.9 Å². The Morgan fingerprint density at radius 1 is 1.00 bits per heavy atom. The highest BCUT2D eigenvalue weighted by Gasteiger charge is 2.41. The Bertz CT molecular complexity index is 1100. The van der Waals surface area contributed by atoms with Gasteiger partial charge in [-0.2, -0.15) is 0 Å². The SMILES string of the molecule is CC1CN(C(=O)[C@@H](Cc2ccc(Cl)cc2)NC2CCC(N3CCOC3=O)CC2)CCC1N(C(=O)N(C)C)C1CCCCC1. The molecule has 2 saturated carbocycles. The van der Waals surface area contributed by atoms with Gasteiger partial charge in [0.1, 0.15) is 6.61 Å². The first kappa shape index (κ1) is 31.9. The summed E-state index contributed by atoms with van der Waals surface area (Å²) in [6.07, 6.45) is 10.6. The zero-order chi connectivity index (χ0) is 30.5. The molecule has 2 saturated heterocycles. The standard InChI is InChI=1S/C33H50ClN5O4/c1-23-22-37(18-17-30(23)39(32(41)36(2)3)28-7-5-4-6-8-28)31(40)29(21-24-9-11-25(34)12-10-24)35-26-13-15-27(16-14-26)38-19-20-43-33(38)42/h9-12,23,26-30,35H,4-8,13-22H2,1-3H3/t23?,26?,27?,29-,30?/m1/s1. The van der Waals surface area contributed by atoms with E-state index in [0.29, 0.717) is 37.7 Å². The molecular formula is C33H50ClN5O4. The molecule has 3 atom stereocenters. The van der Waals surface area contributed by atoms with Crippen LogP contribution < -0.4 is 5.32 Å². The summed E-state index contributed by atoms with van der Waals surface area (Å²) in [7, 11) is 3.69. The van der Waals surface area contributed by atoms with Gasteiger partial charge in [-0.3, -0.25) is 4.79 Å². The number of carbonyl (C=O) groups excluding carboxylic acids is 3. The van der Waals surface area contributed by atoms with Crippen molar-refractivity contribution in [2.75, 3.05) is 40.3 Å². The minimum atomic E-state index is -0.346. The van der Waals surface area contributed by atoms with Gasteiger partial charge in [0.05, 0.1) is 12.6 Å². The van der Waals surface area contributed by atoms with Crippen LogP contribution in [-0.4, -0.2) is 108 Å². The third-order valence-corrected chi connectivity index (χ3v) is 10.4. The van der Waals surface area contributed by atoms with Crippen molar-refractivity contribution < 1.29 is 19.1 Å². The lowest BCUT2D eigenvalue weighted by atomic mass is 9.87. The molecule has 9 nitrogen and oxygen atoms in total. The van der Waals surface area contributed by atoms with Crippen LogP contribution in [0.3, 0.4) is 0 Å². The van der Waals surface area contributed by atoms with E-state index in [1.54, 1.807) is 4.90 Å². The van der Waals surface area contributed by atoms with Crippen LogP contribution in [0.4, 0.5) is 9.59 Å². The van der Waals surface area contributed by atoms with Crippen LogP contribution in [0.15, 0.2) is 24.3 Å². The number of halogens is 1. The first-order valence-electron chi connectivity index (χ1n) is 16.4. The Balaban J connectivity index is 1.25. The number of benzene rings is 1. The van der Waals surface area contributed by atoms with Crippen molar-refractivity contribution in [2.45, 2.75) is 108 Å². The van der Waals surface area contributed by atoms with Gasteiger partial charge < -0.3 is 29.7 Å². The number of amides is 4. The molecule has 2 aliphatic carbocycles. The van der Waals surface area contributed by atoms with Gasteiger partial charge in [0.2, 0.25) is 5.91 Å². The summed E-state index contributed by atoms with van der Waals surface area (Å²) in [5.41, 5.74) is 1.08. The van der Waals surface area contributed by atoms with Gasteiger partial charge in [-0.15, -0.1) is 0 Å². The summed E-state index contributed by atoms with van der Waals surface area (Å²) in [6, 6.07) is 8.38.